The van der Waals surface area contributed by atoms with Crippen LogP contribution >= 0.6 is 0 Å². The molecule has 2 aromatic rings. The zero-order valence-corrected chi connectivity index (χ0v) is 15.9. The molecule has 29 heavy (non-hydrogen) atoms. The molecule has 8 heteroatoms. The Bertz CT molecular complexity index is 887. The smallest absolute Gasteiger partial charge is 0.255 e. The van der Waals surface area contributed by atoms with Crippen molar-refractivity contribution >= 4 is 11.8 Å². The number of nitrogens with zero attached hydrogens (tertiary/aromatic N) is 2. The summed E-state index contributed by atoms with van der Waals surface area (Å²) in [5.41, 5.74) is 1.44. The third-order valence-electron chi connectivity index (χ3n) is 5.24. The standard InChI is InChI=1S/C21H22FN3O4/c22-18-3-1-15(2-4-18)12-24-19(26)16-11-17(14-23-13-16)20(27)25-7-5-21(6-8-25)28-9-10-29-21/h1-4,11,13-14H,5-10,12H2,(H,24,26). The Labute approximate surface area is 167 Å². The number of piperidine rings is 1. The highest BCUT2D eigenvalue weighted by atomic mass is 19.1. The van der Waals surface area contributed by atoms with Crippen LogP contribution in [0.1, 0.15) is 39.1 Å². The van der Waals surface area contributed by atoms with Crippen LogP contribution < -0.4 is 5.32 Å². The zero-order valence-electron chi connectivity index (χ0n) is 15.9. The molecular weight excluding hydrogens is 377 g/mol. The second kappa shape index (κ2) is 8.26. The van der Waals surface area contributed by atoms with E-state index in [9.17, 15) is 14.0 Å². The van der Waals surface area contributed by atoms with Gasteiger partial charge in [0.05, 0.1) is 24.3 Å². The molecule has 2 aliphatic rings. The number of likely N-dealkylation sites (tertiary alicyclic amines) is 1. The number of benzene rings is 1. The third-order valence-corrected chi connectivity index (χ3v) is 5.24. The van der Waals surface area contributed by atoms with Crippen LogP contribution in [0.4, 0.5) is 4.39 Å². The van der Waals surface area contributed by atoms with E-state index in [1.165, 1.54) is 24.5 Å². The quantitative estimate of drug-likeness (QED) is 0.852. The largest absolute Gasteiger partial charge is 0.348 e. The van der Waals surface area contributed by atoms with E-state index >= 15 is 0 Å². The van der Waals surface area contributed by atoms with Crippen LogP contribution in [0.3, 0.4) is 0 Å². The molecule has 0 bridgehead atoms. The first kappa shape index (κ1) is 19.5. The molecule has 7 nitrogen and oxygen atoms in total. The fourth-order valence-electron chi connectivity index (χ4n) is 3.59. The van der Waals surface area contributed by atoms with Crippen LogP contribution in [-0.2, 0) is 16.0 Å². The SMILES string of the molecule is O=C(NCc1ccc(F)cc1)c1cncc(C(=O)N2CCC3(CC2)OCCO3)c1. The summed E-state index contributed by atoms with van der Waals surface area (Å²) in [5.74, 6) is -1.39. The summed E-state index contributed by atoms with van der Waals surface area (Å²) >= 11 is 0. The minimum atomic E-state index is -0.545. The molecule has 0 atom stereocenters. The van der Waals surface area contributed by atoms with Crippen LogP contribution in [0.25, 0.3) is 0 Å². The number of aromatic nitrogens is 1. The maximum Gasteiger partial charge on any atom is 0.255 e. The fourth-order valence-corrected chi connectivity index (χ4v) is 3.59. The Morgan fingerprint density at radius 2 is 1.72 bits per heavy atom. The van der Waals surface area contributed by atoms with E-state index in [-0.39, 0.29) is 24.2 Å². The predicted molar refractivity (Wildman–Crippen MR) is 102 cm³/mol. The van der Waals surface area contributed by atoms with Crippen LogP contribution in [0, 0.1) is 5.82 Å². The molecule has 4 rings (SSSR count). The van der Waals surface area contributed by atoms with E-state index in [2.05, 4.69) is 10.3 Å². The fraction of sp³-hybridized carbons (Fsp3) is 0.381. The van der Waals surface area contributed by atoms with Crippen LogP contribution in [0.15, 0.2) is 42.7 Å². The highest BCUT2D eigenvalue weighted by Crippen LogP contribution is 2.31. The Hall–Kier alpha value is -2.84. The summed E-state index contributed by atoms with van der Waals surface area (Å²) in [4.78, 5) is 31.0. The topological polar surface area (TPSA) is 80.8 Å². The lowest BCUT2D eigenvalue weighted by atomic mass is 10.0. The molecule has 1 aromatic heterocycles. The number of hydrogen-bond donors (Lipinski definition) is 1. The predicted octanol–water partition coefficient (Wildman–Crippen LogP) is 2.13. The summed E-state index contributed by atoms with van der Waals surface area (Å²) in [6.07, 6.45) is 4.14. The van der Waals surface area contributed by atoms with Crippen molar-refractivity contribution < 1.29 is 23.5 Å². The number of halogens is 1. The Morgan fingerprint density at radius 1 is 1.07 bits per heavy atom. The van der Waals surface area contributed by atoms with Gasteiger partial charge in [0.1, 0.15) is 5.82 Å². The Balaban J connectivity index is 1.37. The van der Waals surface area contributed by atoms with E-state index in [0.29, 0.717) is 50.3 Å². The van der Waals surface area contributed by atoms with Crippen molar-refractivity contribution in [3.05, 3.63) is 65.2 Å². The van der Waals surface area contributed by atoms with Gasteiger partial charge in [0.25, 0.3) is 11.8 Å². The van der Waals surface area contributed by atoms with Crippen molar-refractivity contribution in [1.29, 1.82) is 0 Å². The second-order valence-electron chi connectivity index (χ2n) is 7.17. The van der Waals surface area contributed by atoms with Gasteiger partial charge >= 0.3 is 0 Å². The molecule has 0 unspecified atom stereocenters. The number of hydrogen-bond acceptors (Lipinski definition) is 5. The van der Waals surface area contributed by atoms with E-state index in [0.717, 1.165) is 5.56 Å². The van der Waals surface area contributed by atoms with Crippen molar-refractivity contribution in [3.63, 3.8) is 0 Å². The van der Waals surface area contributed by atoms with E-state index in [1.807, 2.05) is 0 Å². The minimum Gasteiger partial charge on any atom is -0.348 e. The van der Waals surface area contributed by atoms with Crippen LogP contribution in [-0.4, -0.2) is 53.8 Å². The molecular formula is C21H22FN3O4. The first-order chi connectivity index (χ1) is 14.0. The molecule has 2 fully saturated rings. The van der Waals surface area contributed by atoms with Gasteiger partial charge in [-0.2, -0.15) is 0 Å². The maximum absolute atomic E-state index is 13.0. The highest BCUT2D eigenvalue weighted by molar-refractivity contribution is 5.99. The lowest BCUT2D eigenvalue weighted by molar-refractivity contribution is -0.181. The molecule has 2 amide bonds. The summed E-state index contributed by atoms with van der Waals surface area (Å²) in [6, 6.07) is 7.44. The van der Waals surface area contributed by atoms with Gasteiger partial charge in [-0.15, -0.1) is 0 Å². The number of rotatable bonds is 4. The molecule has 0 aliphatic carbocycles. The first-order valence-corrected chi connectivity index (χ1v) is 9.60. The van der Waals surface area contributed by atoms with Gasteiger partial charge in [-0.1, -0.05) is 12.1 Å². The van der Waals surface area contributed by atoms with Gasteiger partial charge in [0, 0.05) is 44.9 Å². The summed E-state index contributed by atoms with van der Waals surface area (Å²) in [7, 11) is 0. The zero-order chi connectivity index (χ0) is 20.3. The van der Waals surface area contributed by atoms with Gasteiger partial charge < -0.3 is 19.7 Å². The summed E-state index contributed by atoms with van der Waals surface area (Å²) in [6.45, 7) is 2.49. The number of carbonyl (C=O) groups excluding carboxylic acids is 2. The monoisotopic (exact) mass is 399 g/mol. The van der Waals surface area contributed by atoms with Gasteiger partial charge in [-0.05, 0) is 23.8 Å². The molecule has 1 aromatic carbocycles. The summed E-state index contributed by atoms with van der Waals surface area (Å²) in [5, 5.41) is 2.75. The molecule has 3 heterocycles. The lowest BCUT2D eigenvalue weighted by Crippen LogP contribution is -2.47. The average molecular weight is 399 g/mol. The van der Waals surface area contributed by atoms with E-state index < -0.39 is 5.79 Å². The van der Waals surface area contributed by atoms with Gasteiger partial charge in [0.2, 0.25) is 0 Å². The second-order valence-corrected chi connectivity index (χ2v) is 7.17. The third kappa shape index (κ3) is 4.44. The number of amides is 2. The molecule has 2 aliphatic heterocycles. The van der Waals surface area contributed by atoms with Gasteiger partial charge in [-0.3, -0.25) is 14.6 Å². The molecule has 1 spiro atoms. The number of ether oxygens (including phenoxy) is 2. The minimum absolute atomic E-state index is 0.168. The number of carbonyl (C=O) groups is 2. The molecule has 0 radical (unpaired) electrons. The van der Waals surface area contributed by atoms with E-state index in [4.69, 9.17) is 9.47 Å². The normalized spacial score (nSPS) is 18.0. The first-order valence-electron chi connectivity index (χ1n) is 9.60. The lowest BCUT2D eigenvalue weighted by Gasteiger charge is -2.37. The number of pyridine rings is 1. The van der Waals surface area contributed by atoms with E-state index in [1.54, 1.807) is 23.1 Å². The Morgan fingerprint density at radius 3 is 2.41 bits per heavy atom. The highest BCUT2D eigenvalue weighted by Gasteiger charge is 2.40. The van der Waals surface area contributed by atoms with Crippen molar-refractivity contribution in [2.75, 3.05) is 26.3 Å². The van der Waals surface area contributed by atoms with Crippen molar-refractivity contribution in [2.24, 2.45) is 0 Å². The maximum atomic E-state index is 13.0. The van der Waals surface area contributed by atoms with Gasteiger partial charge in [0.15, 0.2) is 5.79 Å². The molecule has 2 saturated heterocycles. The van der Waals surface area contributed by atoms with Crippen molar-refractivity contribution in [1.82, 2.24) is 15.2 Å². The molecule has 152 valence electrons. The van der Waals surface area contributed by atoms with Gasteiger partial charge in [-0.25, -0.2) is 4.39 Å². The molecule has 0 saturated carbocycles. The number of nitrogens with one attached hydrogen (secondary N) is 1. The summed E-state index contributed by atoms with van der Waals surface area (Å²) < 4.78 is 24.3. The Kier molecular flexibility index (Phi) is 5.55. The van der Waals surface area contributed by atoms with Crippen molar-refractivity contribution in [2.45, 2.75) is 25.2 Å². The average Bonchev–Trinajstić information content (AvgIpc) is 3.21. The van der Waals surface area contributed by atoms with Crippen LogP contribution in [0.5, 0.6) is 0 Å². The van der Waals surface area contributed by atoms with Crippen LogP contribution in [0.2, 0.25) is 0 Å². The molecule has 1 N–H and O–H groups in total. The van der Waals surface area contributed by atoms with Crippen molar-refractivity contribution in [3.8, 4) is 0 Å².